The zero-order valence-corrected chi connectivity index (χ0v) is 12.3. The lowest BCUT2D eigenvalue weighted by molar-refractivity contribution is 0.100. The van der Waals surface area contributed by atoms with Crippen LogP contribution in [0.2, 0.25) is 0 Å². The summed E-state index contributed by atoms with van der Waals surface area (Å²) in [6.45, 7) is 2.57. The quantitative estimate of drug-likeness (QED) is 0.912. The van der Waals surface area contributed by atoms with Crippen LogP contribution >= 0.6 is 0 Å². The summed E-state index contributed by atoms with van der Waals surface area (Å²) in [6, 6.07) is 7.15. The SMILES string of the molecule is Cc1ccc(NC(=O)N[C@H]2CCO[C@@H]2c2cccnc2)nc1. The number of nitrogens with zero attached hydrogens (tertiary/aromatic N) is 2. The number of carbonyl (C=O) groups is 1. The number of nitrogens with one attached hydrogen (secondary N) is 2. The highest BCUT2D eigenvalue weighted by atomic mass is 16.5. The molecule has 0 spiro atoms. The number of pyridine rings is 2. The van der Waals surface area contributed by atoms with E-state index in [1.54, 1.807) is 24.7 Å². The summed E-state index contributed by atoms with van der Waals surface area (Å²) in [4.78, 5) is 20.4. The van der Waals surface area contributed by atoms with Crippen molar-refractivity contribution in [1.82, 2.24) is 15.3 Å². The summed E-state index contributed by atoms with van der Waals surface area (Å²) in [5, 5.41) is 5.68. The van der Waals surface area contributed by atoms with Crippen LogP contribution in [0.15, 0.2) is 42.9 Å². The average Bonchev–Trinajstić information content (AvgIpc) is 2.98. The summed E-state index contributed by atoms with van der Waals surface area (Å²) >= 11 is 0. The molecular weight excluding hydrogens is 280 g/mol. The van der Waals surface area contributed by atoms with Crippen LogP contribution in [0.4, 0.5) is 10.6 Å². The van der Waals surface area contributed by atoms with Crippen LogP contribution in [0, 0.1) is 6.92 Å². The molecule has 0 unspecified atom stereocenters. The maximum absolute atomic E-state index is 12.1. The molecule has 6 heteroatoms. The Morgan fingerprint density at radius 1 is 1.32 bits per heavy atom. The molecule has 6 nitrogen and oxygen atoms in total. The van der Waals surface area contributed by atoms with Gasteiger partial charge in [0.15, 0.2) is 0 Å². The minimum Gasteiger partial charge on any atom is -0.371 e. The number of amides is 2. The number of rotatable bonds is 3. The minimum absolute atomic E-state index is 0.0744. The van der Waals surface area contributed by atoms with Gasteiger partial charge in [0, 0.05) is 30.8 Å². The second-order valence-electron chi connectivity index (χ2n) is 5.29. The van der Waals surface area contributed by atoms with Gasteiger partial charge in [0.05, 0.1) is 6.04 Å². The Bertz CT molecular complexity index is 630. The second kappa shape index (κ2) is 6.53. The second-order valence-corrected chi connectivity index (χ2v) is 5.29. The fourth-order valence-electron chi connectivity index (χ4n) is 2.47. The van der Waals surface area contributed by atoms with Crippen LogP contribution < -0.4 is 10.6 Å². The van der Waals surface area contributed by atoms with E-state index in [4.69, 9.17) is 4.74 Å². The lowest BCUT2D eigenvalue weighted by Crippen LogP contribution is -2.39. The van der Waals surface area contributed by atoms with Crippen molar-refractivity contribution < 1.29 is 9.53 Å². The molecule has 1 aliphatic rings. The van der Waals surface area contributed by atoms with Crippen molar-refractivity contribution >= 4 is 11.8 Å². The molecule has 2 N–H and O–H groups in total. The smallest absolute Gasteiger partial charge is 0.320 e. The Balaban J connectivity index is 1.62. The van der Waals surface area contributed by atoms with E-state index < -0.39 is 0 Å². The highest BCUT2D eigenvalue weighted by Gasteiger charge is 2.31. The third-order valence-corrected chi connectivity index (χ3v) is 3.57. The van der Waals surface area contributed by atoms with Gasteiger partial charge in [-0.3, -0.25) is 10.3 Å². The van der Waals surface area contributed by atoms with Gasteiger partial charge in [-0.25, -0.2) is 9.78 Å². The van der Waals surface area contributed by atoms with Gasteiger partial charge in [-0.2, -0.15) is 0 Å². The maximum Gasteiger partial charge on any atom is 0.320 e. The van der Waals surface area contributed by atoms with Crippen molar-refractivity contribution in [1.29, 1.82) is 0 Å². The molecule has 1 fully saturated rings. The van der Waals surface area contributed by atoms with Gasteiger partial charge in [0.1, 0.15) is 11.9 Å². The van der Waals surface area contributed by atoms with Crippen molar-refractivity contribution in [3.05, 3.63) is 54.0 Å². The topological polar surface area (TPSA) is 76.1 Å². The molecule has 2 atom stereocenters. The molecule has 0 aliphatic carbocycles. The maximum atomic E-state index is 12.1. The van der Waals surface area contributed by atoms with Gasteiger partial charge < -0.3 is 10.1 Å². The molecule has 2 amide bonds. The Morgan fingerprint density at radius 3 is 2.95 bits per heavy atom. The molecule has 0 aromatic carbocycles. The summed E-state index contributed by atoms with van der Waals surface area (Å²) in [7, 11) is 0. The first kappa shape index (κ1) is 14.5. The number of aromatic nitrogens is 2. The molecule has 1 aliphatic heterocycles. The standard InChI is InChI=1S/C16H18N4O2/c1-11-4-5-14(18-9-11)20-16(21)19-13-6-8-22-15(13)12-3-2-7-17-10-12/h2-5,7,9-10,13,15H,6,8H2,1H3,(H2,18,19,20,21)/t13-,15+/m0/s1. The van der Waals surface area contributed by atoms with Gasteiger partial charge >= 0.3 is 6.03 Å². The van der Waals surface area contributed by atoms with Gasteiger partial charge in [-0.15, -0.1) is 0 Å². The third kappa shape index (κ3) is 3.40. The lowest BCUT2D eigenvalue weighted by atomic mass is 10.0. The van der Waals surface area contributed by atoms with Crippen LogP contribution in [0.1, 0.15) is 23.7 Å². The zero-order chi connectivity index (χ0) is 15.4. The number of hydrogen-bond donors (Lipinski definition) is 2. The van der Waals surface area contributed by atoms with Crippen LogP contribution in [0.3, 0.4) is 0 Å². The number of carbonyl (C=O) groups excluding carboxylic acids is 1. The fourth-order valence-corrected chi connectivity index (χ4v) is 2.47. The van der Waals surface area contributed by atoms with E-state index in [2.05, 4.69) is 20.6 Å². The fraction of sp³-hybridized carbons (Fsp3) is 0.312. The Kier molecular flexibility index (Phi) is 4.29. The molecule has 2 aromatic rings. The lowest BCUT2D eigenvalue weighted by Gasteiger charge is -2.20. The Morgan fingerprint density at radius 2 is 2.23 bits per heavy atom. The minimum atomic E-state index is -0.277. The largest absolute Gasteiger partial charge is 0.371 e. The van der Waals surface area contributed by atoms with E-state index in [9.17, 15) is 4.79 Å². The zero-order valence-electron chi connectivity index (χ0n) is 12.3. The number of hydrogen-bond acceptors (Lipinski definition) is 4. The third-order valence-electron chi connectivity index (χ3n) is 3.57. The first-order valence-electron chi connectivity index (χ1n) is 7.24. The predicted octanol–water partition coefficient (Wildman–Crippen LogP) is 2.44. The molecule has 0 radical (unpaired) electrons. The normalized spacial score (nSPS) is 20.6. The first-order valence-corrected chi connectivity index (χ1v) is 7.24. The summed E-state index contributed by atoms with van der Waals surface area (Å²) in [5.41, 5.74) is 2.02. The van der Waals surface area contributed by atoms with E-state index in [0.717, 1.165) is 17.5 Å². The van der Waals surface area contributed by atoms with E-state index >= 15 is 0 Å². The van der Waals surface area contributed by atoms with Gasteiger partial charge in [-0.1, -0.05) is 12.1 Å². The number of aryl methyl sites for hydroxylation is 1. The molecule has 22 heavy (non-hydrogen) atoms. The molecule has 3 rings (SSSR count). The Hall–Kier alpha value is -2.47. The molecule has 0 bridgehead atoms. The molecule has 114 valence electrons. The van der Waals surface area contributed by atoms with Crippen LogP contribution in [-0.2, 0) is 4.74 Å². The van der Waals surface area contributed by atoms with Crippen molar-refractivity contribution in [2.75, 3.05) is 11.9 Å². The van der Waals surface area contributed by atoms with Gasteiger partial charge in [0.2, 0.25) is 0 Å². The summed E-state index contributed by atoms with van der Waals surface area (Å²) < 4.78 is 5.72. The molecule has 1 saturated heterocycles. The van der Waals surface area contributed by atoms with Crippen LogP contribution in [0.5, 0.6) is 0 Å². The van der Waals surface area contributed by atoms with Crippen molar-refractivity contribution in [2.24, 2.45) is 0 Å². The monoisotopic (exact) mass is 298 g/mol. The molecule has 0 saturated carbocycles. The van der Waals surface area contributed by atoms with Crippen molar-refractivity contribution in [2.45, 2.75) is 25.5 Å². The number of urea groups is 1. The molecule has 2 aromatic heterocycles. The average molecular weight is 298 g/mol. The van der Waals surface area contributed by atoms with Gasteiger partial charge in [-0.05, 0) is 31.0 Å². The summed E-state index contributed by atoms with van der Waals surface area (Å²) in [6.07, 6.45) is 5.81. The van der Waals surface area contributed by atoms with E-state index in [-0.39, 0.29) is 18.2 Å². The van der Waals surface area contributed by atoms with Crippen LogP contribution in [-0.4, -0.2) is 28.6 Å². The van der Waals surface area contributed by atoms with Gasteiger partial charge in [0.25, 0.3) is 0 Å². The first-order chi connectivity index (χ1) is 10.7. The highest BCUT2D eigenvalue weighted by Crippen LogP contribution is 2.28. The van der Waals surface area contributed by atoms with Crippen molar-refractivity contribution in [3.63, 3.8) is 0 Å². The number of ether oxygens (including phenoxy) is 1. The predicted molar refractivity (Wildman–Crippen MR) is 82.5 cm³/mol. The van der Waals surface area contributed by atoms with E-state index in [1.165, 1.54) is 0 Å². The van der Waals surface area contributed by atoms with E-state index in [1.807, 2.05) is 25.1 Å². The van der Waals surface area contributed by atoms with Crippen LogP contribution in [0.25, 0.3) is 0 Å². The highest BCUT2D eigenvalue weighted by molar-refractivity contribution is 5.88. The molecular formula is C16H18N4O2. The molecule has 3 heterocycles. The number of anilines is 1. The summed E-state index contributed by atoms with van der Waals surface area (Å²) in [5.74, 6) is 0.528. The Labute approximate surface area is 128 Å². The van der Waals surface area contributed by atoms with E-state index in [0.29, 0.717) is 12.4 Å². The van der Waals surface area contributed by atoms with Crippen molar-refractivity contribution in [3.8, 4) is 0 Å².